The summed E-state index contributed by atoms with van der Waals surface area (Å²) in [6, 6.07) is 15.7. The Morgan fingerprint density at radius 1 is 1.16 bits per heavy atom. The van der Waals surface area contributed by atoms with Gasteiger partial charge in [-0.3, -0.25) is 14.5 Å². The summed E-state index contributed by atoms with van der Waals surface area (Å²) in [7, 11) is 0. The topological polar surface area (TPSA) is 55.8 Å². The number of aryl methyl sites for hydroxylation is 1. The minimum absolute atomic E-state index is 0.121. The number of carbonyl (C=O) groups excluding carboxylic acids is 2. The molecule has 1 heterocycles. The fraction of sp³-hybridized carbons (Fsp3) is 0.292. The van der Waals surface area contributed by atoms with Gasteiger partial charge in [-0.2, -0.15) is 0 Å². The first kappa shape index (κ1) is 23.0. The number of benzene rings is 2. The maximum absolute atomic E-state index is 12.8. The molecule has 1 aliphatic heterocycles. The number of hydrogen-bond acceptors (Lipinski definition) is 6. The normalized spacial score (nSPS) is 14.9. The van der Waals surface area contributed by atoms with Crippen LogP contribution < -0.4 is 4.74 Å². The van der Waals surface area contributed by atoms with Crippen LogP contribution in [0.25, 0.3) is 6.08 Å². The summed E-state index contributed by atoms with van der Waals surface area (Å²) < 4.78 is 11.6. The third-order valence-electron chi connectivity index (χ3n) is 4.73. The fourth-order valence-corrected chi connectivity index (χ4v) is 4.28. The van der Waals surface area contributed by atoms with Crippen LogP contribution in [-0.2, 0) is 20.9 Å². The van der Waals surface area contributed by atoms with E-state index in [1.165, 1.54) is 22.2 Å². The first-order chi connectivity index (χ1) is 15.0. The number of ether oxygens (including phenoxy) is 2. The average molecular weight is 456 g/mol. The molecule has 0 unspecified atom stereocenters. The second-order valence-electron chi connectivity index (χ2n) is 7.06. The number of nitrogens with zero attached hydrogens (tertiary/aromatic N) is 1. The first-order valence-electron chi connectivity index (χ1n) is 10.2. The summed E-state index contributed by atoms with van der Waals surface area (Å²) in [5.74, 6) is 0.168. The number of carbonyl (C=O) groups is 2. The molecule has 0 bridgehead atoms. The smallest absolute Gasteiger partial charge is 0.307 e. The summed E-state index contributed by atoms with van der Waals surface area (Å²) in [5, 5.41) is 0. The van der Waals surface area contributed by atoms with E-state index in [0.717, 1.165) is 17.5 Å². The Morgan fingerprint density at radius 3 is 2.68 bits per heavy atom. The molecular weight excluding hydrogens is 430 g/mol. The van der Waals surface area contributed by atoms with E-state index in [2.05, 4.69) is 0 Å². The van der Waals surface area contributed by atoms with E-state index in [0.29, 0.717) is 28.2 Å². The van der Waals surface area contributed by atoms with E-state index >= 15 is 0 Å². The summed E-state index contributed by atoms with van der Waals surface area (Å²) in [6.07, 6.45) is 2.68. The van der Waals surface area contributed by atoms with Crippen molar-refractivity contribution < 1.29 is 19.1 Å². The monoisotopic (exact) mass is 455 g/mol. The molecular formula is C24H25NO4S2. The van der Waals surface area contributed by atoms with E-state index in [1.807, 2.05) is 62.4 Å². The lowest BCUT2D eigenvalue weighted by Gasteiger charge is -2.13. The molecule has 1 amide bonds. The Bertz CT molecular complexity index is 1000. The lowest BCUT2D eigenvalue weighted by Crippen LogP contribution is -2.30. The van der Waals surface area contributed by atoms with E-state index < -0.39 is 0 Å². The van der Waals surface area contributed by atoms with Gasteiger partial charge in [0.25, 0.3) is 5.91 Å². The number of hydrogen-bond donors (Lipinski definition) is 0. The molecule has 7 heteroatoms. The van der Waals surface area contributed by atoms with Crippen LogP contribution in [-0.4, -0.2) is 34.2 Å². The highest BCUT2D eigenvalue weighted by Gasteiger charge is 2.32. The van der Waals surface area contributed by atoms with Gasteiger partial charge in [-0.05, 0) is 36.6 Å². The van der Waals surface area contributed by atoms with Crippen molar-refractivity contribution in [2.45, 2.75) is 33.3 Å². The standard InChI is InChI=1S/C24H25NO4S2/c1-3-14-28-22(26)12-13-25-23(27)21(31-24(25)30)15-18-9-6-7-11-20(18)29-16-19-10-5-4-8-17(19)2/h4-11,15H,3,12-14,16H2,1-2H3/b21-15+. The van der Waals surface area contributed by atoms with Crippen LogP contribution in [0.1, 0.15) is 36.5 Å². The maximum Gasteiger partial charge on any atom is 0.307 e. The van der Waals surface area contributed by atoms with E-state index in [1.54, 1.807) is 6.08 Å². The second-order valence-corrected chi connectivity index (χ2v) is 8.73. The Hall–Kier alpha value is -2.64. The van der Waals surface area contributed by atoms with Gasteiger partial charge in [0.05, 0.1) is 17.9 Å². The lowest BCUT2D eigenvalue weighted by atomic mass is 10.1. The van der Waals surface area contributed by atoms with Gasteiger partial charge in [-0.15, -0.1) is 0 Å². The minimum atomic E-state index is -0.324. The molecule has 1 saturated heterocycles. The van der Waals surface area contributed by atoms with Crippen LogP contribution in [0.3, 0.4) is 0 Å². The molecule has 0 spiro atoms. The highest BCUT2D eigenvalue weighted by molar-refractivity contribution is 8.26. The highest BCUT2D eigenvalue weighted by atomic mass is 32.2. The number of rotatable bonds is 9. The van der Waals surface area contributed by atoms with Gasteiger partial charge in [0, 0.05) is 12.1 Å². The largest absolute Gasteiger partial charge is 0.488 e. The first-order valence-corrected chi connectivity index (χ1v) is 11.4. The molecule has 1 fully saturated rings. The van der Waals surface area contributed by atoms with Gasteiger partial charge in [-0.1, -0.05) is 73.4 Å². The van der Waals surface area contributed by atoms with Crippen LogP contribution in [0.2, 0.25) is 0 Å². The van der Waals surface area contributed by atoms with Gasteiger partial charge in [-0.25, -0.2) is 0 Å². The molecule has 31 heavy (non-hydrogen) atoms. The molecule has 0 N–H and O–H groups in total. The Labute approximate surface area is 192 Å². The van der Waals surface area contributed by atoms with Gasteiger partial charge in [0.2, 0.25) is 0 Å². The summed E-state index contributed by atoms with van der Waals surface area (Å²) in [5.41, 5.74) is 3.08. The summed E-state index contributed by atoms with van der Waals surface area (Å²) >= 11 is 6.59. The molecule has 162 valence electrons. The number of thioether (sulfide) groups is 1. The molecule has 0 aliphatic carbocycles. The molecule has 0 radical (unpaired) electrons. The predicted molar refractivity (Wildman–Crippen MR) is 128 cm³/mol. The number of thiocarbonyl (C=S) groups is 1. The molecule has 2 aromatic carbocycles. The van der Waals surface area contributed by atoms with Crippen LogP contribution in [0.15, 0.2) is 53.4 Å². The predicted octanol–water partition coefficient (Wildman–Crippen LogP) is 5.12. The summed E-state index contributed by atoms with van der Waals surface area (Å²) in [6.45, 7) is 5.03. The van der Waals surface area contributed by atoms with Gasteiger partial charge < -0.3 is 9.47 Å². The van der Waals surface area contributed by atoms with Crippen molar-refractivity contribution in [3.63, 3.8) is 0 Å². The highest BCUT2D eigenvalue weighted by Crippen LogP contribution is 2.34. The third kappa shape index (κ3) is 6.18. The fourth-order valence-electron chi connectivity index (χ4n) is 2.98. The lowest BCUT2D eigenvalue weighted by molar-refractivity contribution is -0.143. The molecule has 2 aromatic rings. The number of esters is 1. The number of amides is 1. The van der Waals surface area contributed by atoms with E-state index in [4.69, 9.17) is 21.7 Å². The Balaban J connectivity index is 1.69. The van der Waals surface area contributed by atoms with Crippen molar-refractivity contribution in [1.82, 2.24) is 4.90 Å². The number of para-hydroxylation sites is 1. The van der Waals surface area contributed by atoms with Crippen molar-refractivity contribution >= 4 is 46.3 Å². The third-order valence-corrected chi connectivity index (χ3v) is 6.11. The van der Waals surface area contributed by atoms with Crippen LogP contribution >= 0.6 is 24.0 Å². The molecule has 3 rings (SSSR count). The maximum atomic E-state index is 12.8. The van der Waals surface area contributed by atoms with Crippen molar-refractivity contribution in [2.75, 3.05) is 13.2 Å². The van der Waals surface area contributed by atoms with Crippen molar-refractivity contribution in [2.24, 2.45) is 0 Å². The summed E-state index contributed by atoms with van der Waals surface area (Å²) in [4.78, 5) is 26.6. The zero-order valence-corrected chi connectivity index (χ0v) is 19.3. The molecule has 0 atom stereocenters. The Kier molecular flexibility index (Phi) is 8.26. The van der Waals surface area contributed by atoms with Gasteiger partial charge in [0.1, 0.15) is 16.7 Å². The molecule has 5 nitrogen and oxygen atoms in total. The molecule has 0 aromatic heterocycles. The van der Waals surface area contributed by atoms with Crippen LogP contribution in [0.5, 0.6) is 5.75 Å². The molecule has 0 saturated carbocycles. The van der Waals surface area contributed by atoms with Crippen LogP contribution in [0.4, 0.5) is 0 Å². The van der Waals surface area contributed by atoms with E-state index in [9.17, 15) is 9.59 Å². The quantitative estimate of drug-likeness (QED) is 0.297. The SMILES string of the molecule is CCCOC(=O)CCN1C(=O)/C(=C\c2ccccc2OCc2ccccc2C)SC1=S. The Morgan fingerprint density at radius 2 is 1.90 bits per heavy atom. The zero-order chi connectivity index (χ0) is 22.2. The van der Waals surface area contributed by atoms with Crippen molar-refractivity contribution in [1.29, 1.82) is 0 Å². The van der Waals surface area contributed by atoms with Gasteiger partial charge >= 0.3 is 5.97 Å². The van der Waals surface area contributed by atoms with Crippen molar-refractivity contribution in [3.8, 4) is 5.75 Å². The second kappa shape index (κ2) is 11.1. The zero-order valence-electron chi connectivity index (χ0n) is 17.6. The van der Waals surface area contributed by atoms with Gasteiger partial charge in [0.15, 0.2) is 0 Å². The van der Waals surface area contributed by atoms with Crippen molar-refractivity contribution in [3.05, 3.63) is 70.1 Å². The minimum Gasteiger partial charge on any atom is -0.488 e. The van der Waals surface area contributed by atoms with E-state index in [-0.39, 0.29) is 24.8 Å². The average Bonchev–Trinajstić information content (AvgIpc) is 3.03. The molecule has 1 aliphatic rings. The van der Waals surface area contributed by atoms with Crippen LogP contribution in [0, 0.1) is 6.92 Å².